The quantitative estimate of drug-likeness (QED) is 0.812. The highest BCUT2D eigenvalue weighted by Crippen LogP contribution is 2.18. The highest BCUT2D eigenvalue weighted by atomic mass is 32.2. The summed E-state index contributed by atoms with van der Waals surface area (Å²) in [4.78, 5) is 18.0. The molecule has 0 spiro atoms. The number of aromatic nitrogens is 1. The maximum atomic E-state index is 12.6. The van der Waals surface area contributed by atoms with Crippen molar-refractivity contribution in [3.63, 3.8) is 0 Å². The van der Waals surface area contributed by atoms with Gasteiger partial charge < -0.3 is 15.0 Å². The molecule has 10 heteroatoms. The Morgan fingerprint density at radius 1 is 1.18 bits per heavy atom. The molecule has 0 radical (unpaired) electrons. The van der Waals surface area contributed by atoms with Crippen LogP contribution in [0.15, 0.2) is 53.7 Å². The predicted octanol–water partition coefficient (Wildman–Crippen LogP) is 1.52. The molecule has 0 aliphatic carbocycles. The van der Waals surface area contributed by atoms with Gasteiger partial charge in [-0.05, 0) is 36.4 Å². The zero-order valence-electron chi connectivity index (χ0n) is 15.0. The van der Waals surface area contributed by atoms with Gasteiger partial charge >= 0.3 is 6.03 Å². The van der Waals surface area contributed by atoms with E-state index in [1.54, 1.807) is 35.2 Å². The Labute approximate surface area is 163 Å². The van der Waals surface area contributed by atoms with E-state index in [1.165, 1.54) is 22.8 Å². The molecule has 28 heavy (non-hydrogen) atoms. The lowest BCUT2D eigenvalue weighted by molar-refractivity contribution is 0.184. The molecule has 2 aromatic rings. The van der Waals surface area contributed by atoms with Crippen molar-refractivity contribution in [2.45, 2.75) is 4.90 Å². The molecule has 1 aromatic heterocycles. The van der Waals surface area contributed by atoms with E-state index in [9.17, 15) is 13.2 Å². The fourth-order valence-corrected chi connectivity index (χ4v) is 4.12. The van der Waals surface area contributed by atoms with Gasteiger partial charge in [0, 0.05) is 44.3 Å². The number of amides is 2. The number of nitrogens with one attached hydrogen (secondary N) is 1. The van der Waals surface area contributed by atoms with Crippen LogP contribution in [-0.4, -0.2) is 61.4 Å². The van der Waals surface area contributed by atoms with Crippen LogP contribution < -0.4 is 10.1 Å². The van der Waals surface area contributed by atoms with Gasteiger partial charge in [-0.3, -0.25) is 4.98 Å². The van der Waals surface area contributed by atoms with Crippen LogP contribution in [0.5, 0.6) is 5.75 Å². The van der Waals surface area contributed by atoms with Gasteiger partial charge in [0.15, 0.2) is 6.61 Å². The Kier molecular flexibility index (Phi) is 6.08. The van der Waals surface area contributed by atoms with E-state index in [4.69, 9.17) is 10.00 Å². The zero-order valence-corrected chi connectivity index (χ0v) is 15.8. The molecule has 2 heterocycles. The number of nitriles is 1. The number of benzene rings is 1. The van der Waals surface area contributed by atoms with Crippen molar-refractivity contribution in [1.29, 1.82) is 5.26 Å². The summed E-state index contributed by atoms with van der Waals surface area (Å²) in [7, 11) is -3.61. The monoisotopic (exact) mass is 401 g/mol. The van der Waals surface area contributed by atoms with E-state index in [-0.39, 0.29) is 43.7 Å². The van der Waals surface area contributed by atoms with Crippen molar-refractivity contribution < 1.29 is 17.9 Å². The Balaban J connectivity index is 1.55. The molecule has 0 unspecified atom stereocenters. The van der Waals surface area contributed by atoms with Gasteiger partial charge in [0.05, 0.1) is 0 Å². The molecular formula is C18H19N5O4S. The third-order valence-electron chi connectivity index (χ3n) is 4.21. The third kappa shape index (κ3) is 4.57. The molecule has 1 aliphatic rings. The first kappa shape index (κ1) is 19.6. The van der Waals surface area contributed by atoms with Crippen molar-refractivity contribution in [2.75, 3.05) is 38.1 Å². The van der Waals surface area contributed by atoms with E-state index in [1.807, 2.05) is 6.07 Å². The Morgan fingerprint density at radius 2 is 1.89 bits per heavy atom. The van der Waals surface area contributed by atoms with Crippen LogP contribution in [-0.2, 0) is 10.0 Å². The average Bonchev–Trinajstić information content (AvgIpc) is 2.74. The van der Waals surface area contributed by atoms with E-state index < -0.39 is 10.0 Å². The molecule has 1 N–H and O–H groups in total. The van der Waals surface area contributed by atoms with Gasteiger partial charge in [0.1, 0.15) is 16.7 Å². The van der Waals surface area contributed by atoms with Crippen molar-refractivity contribution in [2.24, 2.45) is 0 Å². The van der Waals surface area contributed by atoms with Gasteiger partial charge in [-0.25, -0.2) is 13.2 Å². The number of hydrogen-bond acceptors (Lipinski definition) is 6. The topological polar surface area (TPSA) is 116 Å². The fourth-order valence-electron chi connectivity index (χ4n) is 2.73. The predicted molar refractivity (Wildman–Crippen MR) is 101 cm³/mol. The number of piperazine rings is 1. The van der Waals surface area contributed by atoms with E-state index in [0.29, 0.717) is 11.4 Å². The van der Waals surface area contributed by atoms with Crippen LogP contribution >= 0.6 is 0 Å². The second kappa shape index (κ2) is 8.69. The van der Waals surface area contributed by atoms with Gasteiger partial charge in [-0.2, -0.15) is 9.57 Å². The molecule has 1 fully saturated rings. The maximum Gasteiger partial charge on any atom is 0.321 e. The van der Waals surface area contributed by atoms with Crippen LogP contribution in [0, 0.1) is 11.3 Å². The molecule has 9 nitrogen and oxygen atoms in total. The second-order valence-electron chi connectivity index (χ2n) is 5.98. The Bertz CT molecular complexity index is 950. The first-order chi connectivity index (χ1) is 13.5. The van der Waals surface area contributed by atoms with Crippen LogP contribution in [0.2, 0.25) is 0 Å². The SMILES string of the molecule is N#CCOc1ccc(NC(=O)N2CCN(S(=O)(=O)c3cccnc3)CC2)cc1. The van der Waals surface area contributed by atoms with Crippen LogP contribution in [0.3, 0.4) is 0 Å². The highest BCUT2D eigenvalue weighted by Gasteiger charge is 2.30. The fraction of sp³-hybridized carbons (Fsp3) is 0.278. The van der Waals surface area contributed by atoms with Crippen LogP contribution in [0.4, 0.5) is 10.5 Å². The number of rotatable bonds is 5. The maximum absolute atomic E-state index is 12.6. The average molecular weight is 401 g/mol. The molecule has 2 amide bonds. The number of sulfonamides is 1. The number of anilines is 1. The Hall–Kier alpha value is -3.16. The molecule has 1 saturated heterocycles. The summed E-state index contributed by atoms with van der Waals surface area (Å²) in [6.45, 7) is 0.957. The number of hydrogen-bond donors (Lipinski definition) is 1. The smallest absolute Gasteiger partial charge is 0.321 e. The number of pyridine rings is 1. The van der Waals surface area contributed by atoms with Crippen molar-refractivity contribution in [3.8, 4) is 11.8 Å². The minimum absolute atomic E-state index is 0.0437. The van der Waals surface area contributed by atoms with Crippen LogP contribution in [0.1, 0.15) is 0 Å². The normalized spacial score (nSPS) is 14.9. The van der Waals surface area contributed by atoms with E-state index in [0.717, 1.165) is 0 Å². The number of carbonyl (C=O) groups is 1. The molecule has 3 rings (SSSR count). The molecule has 1 aromatic carbocycles. The molecule has 0 bridgehead atoms. The highest BCUT2D eigenvalue weighted by molar-refractivity contribution is 7.89. The lowest BCUT2D eigenvalue weighted by atomic mass is 10.3. The third-order valence-corrected chi connectivity index (χ3v) is 6.09. The standard InChI is InChI=1S/C18H19N5O4S/c19-7-13-27-16-5-3-15(4-6-16)21-18(24)22-9-11-23(12-10-22)28(25,26)17-2-1-8-20-14-17/h1-6,8,14H,9-13H2,(H,21,24). The van der Waals surface area contributed by atoms with Gasteiger partial charge in [0.2, 0.25) is 10.0 Å². The summed E-state index contributed by atoms with van der Waals surface area (Å²) in [5, 5.41) is 11.3. The number of carbonyl (C=O) groups excluding carboxylic acids is 1. The molecule has 1 aliphatic heterocycles. The van der Waals surface area contributed by atoms with Gasteiger partial charge in [-0.1, -0.05) is 0 Å². The Morgan fingerprint density at radius 3 is 2.50 bits per heavy atom. The summed E-state index contributed by atoms with van der Waals surface area (Å²) in [6.07, 6.45) is 2.84. The van der Waals surface area contributed by atoms with E-state index in [2.05, 4.69) is 10.3 Å². The van der Waals surface area contributed by atoms with Crippen molar-refractivity contribution >= 4 is 21.7 Å². The lowest BCUT2D eigenvalue weighted by Gasteiger charge is -2.33. The number of nitrogens with zero attached hydrogens (tertiary/aromatic N) is 4. The first-order valence-electron chi connectivity index (χ1n) is 8.56. The van der Waals surface area contributed by atoms with Crippen LogP contribution in [0.25, 0.3) is 0 Å². The second-order valence-corrected chi connectivity index (χ2v) is 7.92. The number of ether oxygens (including phenoxy) is 1. The minimum Gasteiger partial charge on any atom is -0.479 e. The van der Waals surface area contributed by atoms with Gasteiger partial charge in [-0.15, -0.1) is 0 Å². The molecular weight excluding hydrogens is 382 g/mol. The minimum atomic E-state index is -3.61. The molecule has 146 valence electrons. The summed E-state index contributed by atoms with van der Waals surface area (Å²) < 4.78 is 31.7. The van der Waals surface area contributed by atoms with Crippen molar-refractivity contribution in [1.82, 2.24) is 14.2 Å². The number of urea groups is 1. The van der Waals surface area contributed by atoms with E-state index >= 15 is 0 Å². The lowest BCUT2D eigenvalue weighted by Crippen LogP contribution is -2.51. The molecule has 0 atom stereocenters. The summed E-state index contributed by atoms with van der Waals surface area (Å²) in [5.74, 6) is 0.536. The largest absolute Gasteiger partial charge is 0.479 e. The zero-order chi connectivity index (χ0) is 20.0. The van der Waals surface area contributed by atoms with Crippen molar-refractivity contribution in [3.05, 3.63) is 48.8 Å². The summed E-state index contributed by atoms with van der Waals surface area (Å²) >= 11 is 0. The first-order valence-corrected chi connectivity index (χ1v) is 10.0. The van der Waals surface area contributed by atoms with Gasteiger partial charge in [0.25, 0.3) is 0 Å². The summed E-state index contributed by atoms with van der Waals surface area (Å²) in [5.41, 5.74) is 0.583. The molecule has 0 saturated carbocycles. The summed E-state index contributed by atoms with van der Waals surface area (Å²) in [6, 6.07) is 11.3.